The minimum absolute atomic E-state index is 0.162. The summed E-state index contributed by atoms with van der Waals surface area (Å²) in [7, 11) is -14.0. The number of nitrogens with one attached hydrogen (secondary N) is 1. The average molecular weight is 489 g/mol. The summed E-state index contributed by atoms with van der Waals surface area (Å²) in [5.74, 6) is -0.851. The summed E-state index contributed by atoms with van der Waals surface area (Å²) < 4.78 is 90.8. The molecule has 0 saturated heterocycles. The van der Waals surface area contributed by atoms with Crippen LogP contribution in [0, 0.1) is 6.92 Å². The van der Waals surface area contributed by atoms with Gasteiger partial charge in [0.1, 0.15) is 10.7 Å². The molecule has 1 aromatic heterocycles. The van der Waals surface area contributed by atoms with Crippen molar-refractivity contribution in [2.75, 3.05) is 17.7 Å². The number of sulfone groups is 1. The van der Waals surface area contributed by atoms with E-state index < -0.39 is 52.5 Å². The molecule has 13 nitrogen and oxygen atoms in total. The van der Waals surface area contributed by atoms with Crippen molar-refractivity contribution < 1.29 is 38.5 Å². The number of nitrogens with zero attached hydrogens (tertiary/aromatic N) is 3. The van der Waals surface area contributed by atoms with Crippen LogP contribution in [0.4, 0.5) is 11.6 Å². The van der Waals surface area contributed by atoms with Gasteiger partial charge in [-0.3, -0.25) is 9.11 Å². The fourth-order valence-electron chi connectivity index (χ4n) is 2.01. The number of benzene rings is 1. The number of rotatable bonds is 8. The molecule has 0 aliphatic carbocycles. The summed E-state index contributed by atoms with van der Waals surface area (Å²) in [6.07, 6.45) is 0. The number of hydrogen-bond donors (Lipinski definition) is 3. The topological polar surface area (TPSA) is 203 Å². The summed E-state index contributed by atoms with van der Waals surface area (Å²) in [5.41, 5.74) is -0.262. The lowest BCUT2D eigenvalue weighted by molar-refractivity contribution is 0.284. The summed E-state index contributed by atoms with van der Waals surface area (Å²) >= 11 is 5.69. The molecular weight excluding hydrogens is 476 g/mol. The van der Waals surface area contributed by atoms with Crippen LogP contribution >= 0.6 is 11.6 Å². The second-order valence-corrected chi connectivity index (χ2v) is 10.2. The Kier molecular flexibility index (Phi) is 6.78. The maximum Gasteiger partial charge on any atom is 0.397 e. The van der Waals surface area contributed by atoms with Crippen LogP contribution in [0.3, 0.4) is 0 Å². The van der Waals surface area contributed by atoms with E-state index in [1.54, 1.807) is 0 Å². The molecule has 1 aromatic carbocycles. The first-order valence-electron chi connectivity index (χ1n) is 7.29. The van der Waals surface area contributed by atoms with Gasteiger partial charge in [0.05, 0.1) is 22.9 Å². The molecule has 29 heavy (non-hydrogen) atoms. The van der Waals surface area contributed by atoms with Gasteiger partial charge in [0.15, 0.2) is 9.84 Å². The van der Waals surface area contributed by atoms with E-state index in [2.05, 4.69) is 24.5 Å². The zero-order valence-electron chi connectivity index (χ0n) is 14.3. The third kappa shape index (κ3) is 6.81. The van der Waals surface area contributed by atoms with E-state index in [-0.39, 0.29) is 22.7 Å². The van der Waals surface area contributed by atoms with Crippen LogP contribution in [0.1, 0.15) is 5.82 Å². The van der Waals surface area contributed by atoms with Gasteiger partial charge in [-0.2, -0.15) is 26.8 Å². The Bertz CT molecular complexity index is 1230. The van der Waals surface area contributed by atoms with Crippen LogP contribution in [0.5, 0.6) is 0 Å². The largest absolute Gasteiger partial charge is 0.397 e. The molecule has 0 spiro atoms. The maximum absolute atomic E-state index is 12.3. The molecule has 3 N–H and O–H groups in total. The molecule has 160 valence electrons. The van der Waals surface area contributed by atoms with Crippen molar-refractivity contribution in [2.45, 2.75) is 16.7 Å². The second-order valence-electron chi connectivity index (χ2n) is 5.30. The molecule has 0 aliphatic heterocycles. The Morgan fingerprint density at radius 3 is 2.28 bits per heavy atom. The maximum atomic E-state index is 12.3. The fraction of sp³-hybridized carbons (Fsp3) is 0.250. The van der Waals surface area contributed by atoms with E-state index >= 15 is 0 Å². The third-order valence-electron chi connectivity index (χ3n) is 3.14. The highest BCUT2D eigenvalue weighted by Gasteiger charge is 2.23. The average Bonchev–Trinajstić information content (AvgIpc) is 2.51. The first kappa shape index (κ1) is 23.3. The first-order chi connectivity index (χ1) is 13.2. The van der Waals surface area contributed by atoms with Gasteiger partial charge < -0.3 is 5.32 Å². The lowest BCUT2D eigenvalue weighted by Crippen LogP contribution is -2.16. The summed E-state index contributed by atoms with van der Waals surface area (Å²) in [5, 5.41) is 2.30. The minimum atomic E-state index is -4.90. The van der Waals surface area contributed by atoms with Gasteiger partial charge in [-0.1, -0.05) is 0 Å². The molecule has 0 unspecified atom stereocenters. The van der Waals surface area contributed by atoms with Crippen LogP contribution < -0.4 is 5.32 Å². The molecule has 0 aliphatic rings. The van der Waals surface area contributed by atoms with Gasteiger partial charge in [0.2, 0.25) is 11.2 Å². The highest BCUT2D eigenvalue weighted by atomic mass is 35.5. The molecule has 1 heterocycles. The Morgan fingerprint density at radius 1 is 1.07 bits per heavy atom. The van der Waals surface area contributed by atoms with E-state index in [4.69, 9.17) is 16.2 Å². The van der Waals surface area contributed by atoms with Crippen LogP contribution in [-0.4, -0.2) is 61.7 Å². The summed E-state index contributed by atoms with van der Waals surface area (Å²) in [6.45, 7) is 0.581. The number of halogens is 1. The molecule has 2 rings (SSSR count). The van der Waals surface area contributed by atoms with Crippen LogP contribution in [-0.2, 0) is 34.5 Å². The summed E-state index contributed by atoms with van der Waals surface area (Å²) in [6, 6.07) is 2.66. The van der Waals surface area contributed by atoms with Gasteiger partial charge in [0.25, 0.3) is 10.1 Å². The van der Waals surface area contributed by atoms with Crippen LogP contribution in [0.15, 0.2) is 28.0 Å². The number of aryl methyl sites for hydroxylation is 1. The molecule has 0 bridgehead atoms. The lowest BCUT2D eigenvalue weighted by Gasteiger charge is -2.12. The van der Waals surface area contributed by atoms with Crippen molar-refractivity contribution in [3.05, 3.63) is 29.3 Å². The van der Waals surface area contributed by atoms with E-state index in [1.807, 2.05) is 0 Å². The Balaban J connectivity index is 2.41. The standard InChI is InChI=1S/C12H13ClN4O9S3/c1-7-14-11(13)17-12(15-7)16-9-3-2-8(6-10(9)28(20,21)22)27(18,19)5-4-26-29(23,24)25/h2-3,6H,4-5H2,1H3,(H,20,21,22)(H,23,24,25)(H,14,15,16,17). The zero-order chi connectivity index (χ0) is 22.0. The minimum Gasteiger partial charge on any atom is -0.323 e. The van der Waals surface area contributed by atoms with E-state index in [0.717, 1.165) is 12.1 Å². The van der Waals surface area contributed by atoms with Gasteiger partial charge >= 0.3 is 10.4 Å². The van der Waals surface area contributed by atoms with Crippen molar-refractivity contribution in [2.24, 2.45) is 0 Å². The molecule has 0 radical (unpaired) electrons. The predicted molar refractivity (Wildman–Crippen MR) is 98.7 cm³/mol. The Hall–Kier alpha value is -1.95. The Morgan fingerprint density at radius 2 is 1.72 bits per heavy atom. The summed E-state index contributed by atoms with van der Waals surface area (Å²) in [4.78, 5) is 9.96. The van der Waals surface area contributed by atoms with Crippen molar-refractivity contribution in [1.82, 2.24) is 15.0 Å². The number of aromatic nitrogens is 3. The van der Waals surface area contributed by atoms with E-state index in [1.165, 1.54) is 6.92 Å². The zero-order valence-corrected chi connectivity index (χ0v) is 17.5. The first-order valence-corrected chi connectivity index (χ1v) is 12.1. The molecule has 0 atom stereocenters. The highest BCUT2D eigenvalue weighted by molar-refractivity contribution is 7.91. The SMILES string of the molecule is Cc1nc(Cl)nc(Nc2ccc(S(=O)(=O)CCOS(=O)(=O)O)cc2S(=O)(=O)O)n1. The molecule has 0 saturated carbocycles. The smallest absolute Gasteiger partial charge is 0.323 e. The quantitative estimate of drug-likeness (QED) is 0.431. The number of anilines is 2. The van der Waals surface area contributed by atoms with E-state index in [0.29, 0.717) is 6.07 Å². The lowest BCUT2D eigenvalue weighted by atomic mass is 10.3. The fourth-order valence-corrected chi connectivity index (χ4v) is 4.47. The predicted octanol–water partition coefficient (Wildman–Crippen LogP) is 0.417. The van der Waals surface area contributed by atoms with Crippen LogP contribution in [0.2, 0.25) is 5.28 Å². The van der Waals surface area contributed by atoms with Crippen LogP contribution in [0.25, 0.3) is 0 Å². The van der Waals surface area contributed by atoms with Gasteiger partial charge in [-0.15, -0.1) is 0 Å². The normalized spacial score (nSPS) is 12.7. The third-order valence-corrected chi connectivity index (χ3v) is 6.34. The molecule has 2 aromatic rings. The second kappa shape index (κ2) is 8.42. The van der Waals surface area contributed by atoms with Crippen molar-refractivity contribution in [3.63, 3.8) is 0 Å². The number of hydrogen-bond acceptors (Lipinski definition) is 11. The molecule has 0 amide bonds. The highest BCUT2D eigenvalue weighted by Crippen LogP contribution is 2.27. The van der Waals surface area contributed by atoms with Gasteiger partial charge in [-0.25, -0.2) is 17.6 Å². The molecule has 0 fully saturated rings. The molecular formula is C12H13ClN4O9S3. The van der Waals surface area contributed by atoms with E-state index in [9.17, 15) is 29.8 Å². The molecule has 17 heteroatoms. The Labute approximate surface area is 170 Å². The van der Waals surface area contributed by atoms with Crippen molar-refractivity contribution >= 4 is 53.6 Å². The van der Waals surface area contributed by atoms with Gasteiger partial charge in [0, 0.05) is 0 Å². The van der Waals surface area contributed by atoms with Crippen molar-refractivity contribution in [3.8, 4) is 0 Å². The monoisotopic (exact) mass is 488 g/mol. The van der Waals surface area contributed by atoms with Crippen molar-refractivity contribution in [1.29, 1.82) is 0 Å². The van der Waals surface area contributed by atoms with Gasteiger partial charge in [-0.05, 0) is 36.7 Å².